The third-order valence-corrected chi connectivity index (χ3v) is 12.1. The van der Waals surface area contributed by atoms with Gasteiger partial charge in [-0.05, 0) is 123 Å². The van der Waals surface area contributed by atoms with Gasteiger partial charge in [-0.3, -0.25) is 14.7 Å². The summed E-state index contributed by atoms with van der Waals surface area (Å²) in [6.45, 7) is 7.95. The standard InChI is InChI=1S/C18H15P.2C15H15NO2.C6H5.CH4.FH.Ni.H2/c1-4-10-16(11-5-1)19(17-12-6-2-7-13-17)18-14-8-3-9-15-18;2*1-10-4-3-5-11(2)15(10)16-9-12-8-13(17)6-7-14(12)18;1-2-4-6-5-3-1;;;;/h1-15H;2*3-9,17-18H,1-2H3;1-5H;1H4;1H;;1H/q;;;-1;;;;/p+1/i;;;;;;;1+2. The van der Waals surface area contributed by atoms with Gasteiger partial charge in [0, 0.05) is 41.5 Å². The van der Waals surface area contributed by atoms with Gasteiger partial charge in [0.05, 0.1) is 19.3 Å². The van der Waals surface area contributed by atoms with Crippen LogP contribution in [0.1, 0.15) is 42.2 Å². The first-order valence-corrected chi connectivity index (χ1v) is 21.3. The number of para-hydroxylation sites is 2. The molecule has 0 saturated carbocycles. The molecule has 0 fully saturated rings. The SMILES string of the molecule is C.Cc1cccc(C)c1N=Cc1cc(O)ccc1O.Cc1cccc(C)c1N=Cc1cc(O)ccc1O.F.[3HH].[Ni].[c-]1ccccc1.c1ccc([PH+](c2ccccc2)c2ccccc2)cc1. The molecule has 0 unspecified atom stereocenters. The van der Waals surface area contributed by atoms with Gasteiger partial charge in [-0.2, -0.15) is 36.4 Å². The van der Waals surface area contributed by atoms with Crippen LogP contribution in [0.25, 0.3) is 0 Å². The van der Waals surface area contributed by atoms with E-state index in [2.05, 4.69) is 107 Å². The first-order chi connectivity index (χ1) is 29.6. The molecular weight excluding hydrogens is 861 g/mol. The number of aryl methyl sites for hydroxylation is 4. The summed E-state index contributed by atoms with van der Waals surface area (Å²) < 4.78 is 0. The Balaban J connectivity index is 0.000000444. The summed E-state index contributed by atoms with van der Waals surface area (Å²) in [4.78, 5) is 8.76. The third kappa shape index (κ3) is 16.5. The summed E-state index contributed by atoms with van der Waals surface area (Å²) in [5.74, 6) is 0.414. The van der Waals surface area contributed by atoms with Crippen molar-refractivity contribution in [1.82, 2.24) is 0 Å². The number of halogens is 1. The first kappa shape index (κ1) is 53.3. The van der Waals surface area contributed by atoms with E-state index in [1.165, 1.54) is 52.3 Å². The van der Waals surface area contributed by atoms with Gasteiger partial charge >= 0.3 is 0 Å². The maximum Gasteiger partial charge on any atom is 0.124 e. The second-order valence-electron chi connectivity index (χ2n) is 14.0. The van der Waals surface area contributed by atoms with E-state index < -0.39 is 7.92 Å². The van der Waals surface area contributed by atoms with Crippen LogP contribution in [-0.2, 0) is 16.5 Å². The summed E-state index contributed by atoms with van der Waals surface area (Å²) in [7, 11) is -0.877. The van der Waals surface area contributed by atoms with E-state index in [4.69, 9.17) is 0 Å². The van der Waals surface area contributed by atoms with Crippen LogP contribution in [0.2, 0.25) is 0 Å². The van der Waals surface area contributed by atoms with E-state index in [1.54, 1.807) is 12.4 Å². The van der Waals surface area contributed by atoms with Crippen molar-refractivity contribution in [2.24, 2.45) is 9.98 Å². The van der Waals surface area contributed by atoms with Crippen LogP contribution >= 0.6 is 7.92 Å². The number of phenolic OH excluding ortho intramolecular Hbond substituents is 4. The number of benzene rings is 8. The van der Waals surface area contributed by atoms with Crippen LogP contribution in [0.4, 0.5) is 16.1 Å². The van der Waals surface area contributed by atoms with E-state index >= 15 is 0 Å². The Labute approximate surface area is 390 Å². The number of hydrogen-bond donors (Lipinski definition) is 4. The fourth-order valence-corrected chi connectivity index (χ4v) is 8.81. The molecule has 9 heteroatoms. The van der Waals surface area contributed by atoms with Crippen LogP contribution in [-0.4, -0.2) is 32.9 Å². The zero-order valence-electron chi connectivity index (χ0n) is 35.5. The molecular formula is C55H58FN2NiO4P. The third-order valence-electron chi connectivity index (χ3n) is 9.36. The average Bonchev–Trinajstić information content (AvgIpc) is 3.28. The molecule has 4 N–H and O–H groups in total. The number of aliphatic imine (C=N–C) groups is 2. The maximum atomic E-state index is 9.65. The second kappa shape index (κ2) is 28.0. The van der Waals surface area contributed by atoms with Crippen molar-refractivity contribution in [3.05, 3.63) is 234 Å². The Hall–Kier alpha value is -6.85. The fourth-order valence-electron chi connectivity index (χ4n) is 6.23. The number of phenols is 4. The van der Waals surface area contributed by atoms with Gasteiger partial charge in [0.2, 0.25) is 0 Å². The average molecular weight is 922 g/mol. The molecule has 334 valence electrons. The summed E-state index contributed by atoms with van der Waals surface area (Å²) in [5.41, 5.74) is 7.07. The van der Waals surface area contributed by atoms with Crippen LogP contribution in [0.3, 0.4) is 0 Å². The van der Waals surface area contributed by atoms with Gasteiger partial charge in [0.15, 0.2) is 0 Å². The van der Waals surface area contributed by atoms with Gasteiger partial charge in [-0.25, -0.2) is 0 Å². The molecule has 64 heavy (non-hydrogen) atoms. The predicted octanol–water partition coefficient (Wildman–Crippen LogP) is 12.6. The zero-order valence-corrected chi connectivity index (χ0v) is 37.5. The van der Waals surface area contributed by atoms with Crippen molar-refractivity contribution in [3.63, 3.8) is 0 Å². The van der Waals surface area contributed by atoms with Crippen molar-refractivity contribution in [2.75, 3.05) is 0 Å². The topological polar surface area (TPSA) is 106 Å². The second-order valence-corrected chi connectivity index (χ2v) is 16.5. The molecule has 0 spiro atoms. The van der Waals surface area contributed by atoms with E-state index in [1.807, 2.05) is 94.4 Å². The van der Waals surface area contributed by atoms with Crippen LogP contribution in [0.15, 0.2) is 204 Å². The van der Waals surface area contributed by atoms with Crippen molar-refractivity contribution >= 4 is 47.6 Å². The minimum atomic E-state index is -0.877. The van der Waals surface area contributed by atoms with E-state index in [0.29, 0.717) is 11.1 Å². The minimum Gasteiger partial charge on any atom is -0.508 e. The molecule has 8 aromatic rings. The van der Waals surface area contributed by atoms with Gasteiger partial charge in [-0.15, -0.1) is 0 Å². The summed E-state index contributed by atoms with van der Waals surface area (Å²) >= 11 is 0. The Morgan fingerprint density at radius 2 is 0.750 bits per heavy atom. The number of nitrogens with zero attached hydrogens (tertiary/aromatic N) is 2. The van der Waals surface area contributed by atoms with Gasteiger partial charge in [0.25, 0.3) is 0 Å². The maximum absolute atomic E-state index is 9.65. The molecule has 8 rings (SSSR count). The van der Waals surface area contributed by atoms with E-state index in [0.717, 1.165) is 33.6 Å². The molecule has 0 aliphatic heterocycles. The Morgan fingerprint density at radius 3 is 1.03 bits per heavy atom. The van der Waals surface area contributed by atoms with Gasteiger partial charge in [-0.1, -0.05) is 98.4 Å². The normalized spacial score (nSPS) is 10.1. The molecule has 0 aliphatic rings. The molecule has 0 bridgehead atoms. The minimum absolute atomic E-state index is 0. The van der Waals surface area contributed by atoms with Crippen molar-refractivity contribution in [1.29, 1.82) is 0 Å². The van der Waals surface area contributed by atoms with Crippen molar-refractivity contribution in [3.8, 4) is 23.0 Å². The summed E-state index contributed by atoms with van der Waals surface area (Å²) in [6.07, 6.45) is 3.12. The Bertz CT molecular complexity index is 2370. The molecule has 6 nitrogen and oxygen atoms in total. The molecule has 0 saturated heterocycles. The van der Waals surface area contributed by atoms with E-state index in [-0.39, 0.29) is 53.0 Å². The number of aromatic hydroxyl groups is 4. The van der Waals surface area contributed by atoms with Gasteiger partial charge in [0.1, 0.15) is 38.9 Å². The van der Waals surface area contributed by atoms with Crippen molar-refractivity contribution in [2.45, 2.75) is 35.1 Å². The van der Waals surface area contributed by atoms with Crippen LogP contribution in [0.5, 0.6) is 23.0 Å². The van der Waals surface area contributed by atoms with Crippen LogP contribution < -0.4 is 15.9 Å². The smallest absolute Gasteiger partial charge is 0.124 e. The number of rotatable bonds is 7. The molecule has 0 atom stereocenters. The predicted molar refractivity (Wildman–Crippen MR) is 269 cm³/mol. The Kier molecular flexibility index (Phi) is 23.3. The molecule has 0 radical (unpaired) electrons. The summed E-state index contributed by atoms with van der Waals surface area (Å²) in [6, 6.07) is 65.6. The zero-order chi connectivity index (χ0) is 43.4. The summed E-state index contributed by atoms with van der Waals surface area (Å²) in [5, 5.41) is 42.3. The van der Waals surface area contributed by atoms with Gasteiger partial charge < -0.3 is 20.4 Å². The molecule has 0 heterocycles. The number of hydrogen-bond acceptors (Lipinski definition) is 6. The van der Waals surface area contributed by atoms with Crippen LogP contribution in [0, 0.1) is 33.8 Å². The van der Waals surface area contributed by atoms with E-state index in [9.17, 15) is 20.4 Å². The molecule has 8 aromatic carbocycles. The molecule has 0 aromatic heterocycles. The quantitative estimate of drug-likeness (QED) is 0.0420. The Morgan fingerprint density at radius 1 is 0.438 bits per heavy atom. The molecule has 0 aliphatic carbocycles. The first-order valence-electron chi connectivity index (χ1n) is 19.8. The molecule has 0 amide bonds. The largest absolute Gasteiger partial charge is 0.508 e. The fraction of sp³-hybridized carbons (Fsp3) is 0.0909. The van der Waals surface area contributed by atoms with Crippen molar-refractivity contribution < 1.29 is 43.0 Å². The monoisotopic (exact) mass is 920 g/mol.